The number of hydrogen-bond donors (Lipinski definition) is 1. The zero-order valence-electron chi connectivity index (χ0n) is 18.6. The Kier molecular flexibility index (Phi) is 16.4. The maximum atomic E-state index is 12.1. The third-order valence-corrected chi connectivity index (χ3v) is 6.30. The molecule has 2 amide bonds. The molecular formula is C25H39Br2NO2. The number of halogens is 2. The highest BCUT2D eigenvalue weighted by Crippen LogP contribution is 2.20. The summed E-state index contributed by atoms with van der Waals surface area (Å²) in [6.45, 7) is 2.27. The van der Waals surface area contributed by atoms with Gasteiger partial charge in [0.15, 0.2) is 0 Å². The molecule has 1 aromatic carbocycles. The maximum Gasteiger partial charge on any atom is 0.257 e. The average Bonchev–Trinajstić information content (AvgIpc) is 2.70. The molecular weight excluding hydrogens is 506 g/mol. The first-order chi connectivity index (χ1) is 14.5. The Morgan fingerprint density at radius 2 is 1.07 bits per heavy atom. The summed E-state index contributed by atoms with van der Waals surface area (Å²) in [5, 5.41) is 2.48. The van der Waals surface area contributed by atoms with Gasteiger partial charge < -0.3 is 0 Å². The van der Waals surface area contributed by atoms with E-state index in [1.807, 2.05) is 6.07 Å². The molecule has 0 aromatic heterocycles. The zero-order chi connectivity index (χ0) is 22.0. The molecule has 0 atom stereocenters. The summed E-state index contributed by atoms with van der Waals surface area (Å²) >= 11 is 6.71. The van der Waals surface area contributed by atoms with Gasteiger partial charge in [0, 0.05) is 20.9 Å². The number of benzene rings is 1. The predicted molar refractivity (Wildman–Crippen MR) is 134 cm³/mol. The van der Waals surface area contributed by atoms with Gasteiger partial charge in [-0.25, -0.2) is 0 Å². The summed E-state index contributed by atoms with van der Waals surface area (Å²) in [5.74, 6) is -0.534. The highest BCUT2D eigenvalue weighted by atomic mass is 79.9. The molecule has 0 saturated heterocycles. The monoisotopic (exact) mass is 543 g/mol. The van der Waals surface area contributed by atoms with Crippen molar-refractivity contribution < 1.29 is 9.59 Å². The van der Waals surface area contributed by atoms with Gasteiger partial charge in [-0.1, -0.05) is 129 Å². The van der Waals surface area contributed by atoms with Crippen molar-refractivity contribution in [2.75, 3.05) is 0 Å². The zero-order valence-corrected chi connectivity index (χ0v) is 21.8. The molecule has 0 heterocycles. The Labute approximate surface area is 200 Å². The number of hydrogen-bond acceptors (Lipinski definition) is 2. The van der Waals surface area contributed by atoms with E-state index in [-0.39, 0.29) is 11.8 Å². The maximum absolute atomic E-state index is 12.1. The number of amides is 2. The van der Waals surface area contributed by atoms with Crippen molar-refractivity contribution >= 4 is 43.7 Å². The fraction of sp³-hybridized carbons (Fsp3) is 0.680. The van der Waals surface area contributed by atoms with Crippen LogP contribution in [0.4, 0.5) is 0 Å². The molecule has 30 heavy (non-hydrogen) atoms. The van der Waals surface area contributed by atoms with Crippen LogP contribution >= 0.6 is 31.9 Å². The van der Waals surface area contributed by atoms with E-state index in [4.69, 9.17) is 0 Å². The summed E-state index contributed by atoms with van der Waals surface area (Å²) in [7, 11) is 0. The van der Waals surface area contributed by atoms with Gasteiger partial charge in [0.2, 0.25) is 5.91 Å². The van der Waals surface area contributed by atoms with Crippen LogP contribution in [0.3, 0.4) is 0 Å². The van der Waals surface area contributed by atoms with Crippen molar-refractivity contribution in [3.63, 3.8) is 0 Å². The average molecular weight is 545 g/mol. The van der Waals surface area contributed by atoms with E-state index in [0.29, 0.717) is 12.0 Å². The Balaban J connectivity index is 1.93. The van der Waals surface area contributed by atoms with Crippen molar-refractivity contribution in [3.05, 3.63) is 32.7 Å². The van der Waals surface area contributed by atoms with Crippen LogP contribution in [0, 0.1) is 0 Å². The SMILES string of the molecule is CCCCCCCCCCCCCCCCCC(=O)NC(=O)c1cc(Br)cc(Br)c1. The van der Waals surface area contributed by atoms with E-state index in [9.17, 15) is 9.59 Å². The normalized spacial score (nSPS) is 10.9. The highest BCUT2D eigenvalue weighted by molar-refractivity contribution is 9.11. The van der Waals surface area contributed by atoms with E-state index in [0.717, 1.165) is 21.8 Å². The van der Waals surface area contributed by atoms with Crippen LogP contribution in [-0.4, -0.2) is 11.8 Å². The Morgan fingerprint density at radius 1 is 0.667 bits per heavy atom. The van der Waals surface area contributed by atoms with Crippen LogP contribution < -0.4 is 5.32 Å². The molecule has 0 aliphatic rings. The number of carbonyl (C=O) groups is 2. The van der Waals surface area contributed by atoms with Crippen molar-refractivity contribution in [2.45, 2.75) is 110 Å². The summed E-state index contributed by atoms with van der Waals surface area (Å²) < 4.78 is 1.61. The van der Waals surface area contributed by atoms with Gasteiger partial charge >= 0.3 is 0 Å². The lowest BCUT2D eigenvalue weighted by molar-refractivity contribution is -0.120. The molecule has 0 radical (unpaired) electrons. The molecule has 0 saturated carbocycles. The molecule has 1 N–H and O–H groups in total. The Bertz CT molecular complexity index is 599. The van der Waals surface area contributed by atoms with E-state index in [2.05, 4.69) is 44.1 Å². The lowest BCUT2D eigenvalue weighted by atomic mass is 10.0. The molecule has 170 valence electrons. The molecule has 5 heteroatoms. The Morgan fingerprint density at radius 3 is 1.50 bits per heavy atom. The van der Waals surface area contributed by atoms with Gasteiger partial charge in [-0.2, -0.15) is 0 Å². The van der Waals surface area contributed by atoms with Gasteiger partial charge in [0.1, 0.15) is 0 Å². The van der Waals surface area contributed by atoms with Crippen LogP contribution in [0.5, 0.6) is 0 Å². The summed E-state index contributed by atoms with van der Waals surface area (Å²) in [6.07, 6.45) is 19.9. The predicted octanol–water partition coefficient (Wildman–Crippen LogP) is 8.73. The second-order valence-corrected chi connectivity index (χ2v) is 10.1. The molecule has 0 aliphatic carbocycles. The first-order valence-corrected chi connectivity index (χ1v) is 13.4. The van der Waals surface area contributed by atoms with Crippen molar-refractivity contribution in [2.24, 2.45) is 0 Å². The molecule has 1 aromatic rings. The smallest absolute Gasteiger partial charge is 0.257 e. The molecule has 0 unspecified atom stereocenters. The molecule has 1 rings (SSSR count). The first-order valence-electron chi connectivity index (χ1n) is 11.8. The van der Waals surface area contributed by atoms with E-state index in [1.165, 1.54) is 83.5 Å². The van der Waals surface area contributed by atoms with E-state index >= 15 is 0 Å². The van der Waals surface area contributed by atoms with Gasteiger partial charge in [-0.3, -0.25) is 14.9 Å². The first kappa shape index (κ1) is 27.4. The third-order valence-electron chi connectivity index (χ3n) is 5.39. The quantitative estimate of drug-likeness (QED) is 0.199. The van der Waals surface area contributed by atoms with E-state index in [1.54, 1.807) is 12.1 Å². The molecule has 0 spiro atoms. The number of carbonyl (C=O) groups excluding carboxylic acids is 2. The van der Waals surface area contributed by atoms with Crippen molar-refractivity contribution in [1.29, 1.82) is 0 Å². The fourth-order valence-corrected chi connectivity index (χ4v) is 4.90. The second-order valence-electron chi connectivity index (χ2n) is 8.24. The van der Waals surface area contributed by atoms with Crippen molar-refractivity contribution in [1.82, 2.24) is 5.32 Å². The lowest BCUT2D eigenvalue weighted by Crippen LogP contribution is -2.30. The Hall–Kier alpha value is -0.680. The largest absolute Gasteiger partial charge is 0.292 e. The lowest BCUT2D eigenvalue weighted by Gasteiger charge is -2.06. The summed E-state index contributed by atoms with van der Waals surface area (Å²) in [4.78, 5) is 24.1. The van der Waals surface area contributed by atoms with Crippen LogP contribution in [0.1, 0.15) is 120 Å². The molecule has 3 nitrogen and oxygen atoms in total. The highest BCUT2D eigenvalue weighted by Gasteiger charge is 2.11. The number of unbranched alkanes of at least 4 members (excludes halogenated alkanes) is 14. The van der Waals surface area contributed by atoms with Crippen LogP contribution in [0.2, 0.25) is 0 Å². The van der Waals surface area contributed by atoms with Gasteiger partial charge in [0.05, 0.1) is 0 Å². The molecule has 0 aliphatic heterocycles. The number of imide groups is 1. The summed E-state index contributed by atoms with van der Waals surface area (Å²) in [6, 6.07) is 5.27. The fourth-order valence-electron chi connectivity index (χ4n) is 3.60. The number of nitrogens with one attached hydrogen (secondary N) is 1. The van der Waals surface area contributed by atoms with Crippen LogP contribution in [-0.2, 0) is 4.79 Å². The van der Waals surface area contributed by atoms with E-state index < -0.39 is 0 Å². The van der Waals surface area contributed by atoms with Crippen molar-refractivity contribution in [3.8, 4) is 0 Å². The second kappa shape index (κ2) is 17.9. The topological polar surface area (TPSA) is 46.2 Å². The van der Waals surface area contributed by atoms with Gasteiger partial charge in [-0.05, 0) is 24.6 Å². The minimum atomic E-state index is -0.344. The van der Waals surface area contributed by atoms with Crippen LogP contribution in [0.25, 0.3) is 0 Å². The van der Waals surface area contributed by atoms with Gasteiger partial charge in [0.25, 0.3) is 5.91 Å². The molecule has 0 fully saturated rings. The van der Waals surface area contributed by atoms with Crippen LogP contribution in [0.15, 0.2) is 27.1 Å². The number of rotatable bonds is 17. The minimum Gasteiger partial charge on any atom is -0.292 e. The standard InChI is InChI=1S/C25H39Br2NO2/c1-2-3-4-5-6-7-8-9-10-11-12-13-14-15-16-17-24(29)28-25(30)21-18-22(26)20-23(27)19-21/h18-20H,2-17H2,1H3,(H,28,29,30). The summed E-state index contributed by atoms with van der Waals surface area (Å²) in [5.41, 5.74) is 0.473. The third kappa shape index (κ3) is 14.3. The minimum absolute atomic E-state index is 0.189. The molecule has 0 bridgehead atoms. The van der Waals surface area contributed by atoms with Gasteiger partial charge in [-0.15, -0.1) is 0 Å².